The number of carboxylic acids is 1. The molecule has 0 atom stereocenters. The van der Waals surface area contributed by atoms with Crippen molar-refractivity contribution in [2.45, 2.75) is 0 Å². The lowest BCUT2D eigenvalue weighted by atomic mass is 10.1. The van der Waals surface area contributed by atoms with E-state index in [0.717, 1.165) is 12.4 Å². The number of rotatable bonds is 5. The van der Waals surface area contributed by atoms with E-state index in [2.05, 4.69) is 15.0 Å². The van der Waals surface area contributed by atoms with Crippen LogP contribution in [0.15, 0.2) is 24.7 Å². The van der Waals surface area contributed by atoms with E-state index >= 15 is 0 Å². The van der Waals surface area contributed by atoms with Crippen LogP contribution in [0.25, 0.3) is 17.3 Å². The highest BCUT2D eigenvalue weighted by molar-refractivity contribution is 5.86. The molecule has 120 valence electrons. The standard InChI is InChI=1S/C15H15FN4O3/c1-20(2)5-4-11-14(18-8-12(19-11)15(21)22)9-6-13(23-3)17-7-10(9)16/h4-8H,1-3H3,(H,21,22)/b5-4+. The summed E-state index contributed by atoms with van der Waals surface area (Å²) in [6.07, 6.45) is 5.31. The molecule has 0 spiro atoms. The molecule has 0 aliphatic rings. The maximum Gasteiger partial charge on any atom is 0.356 e. The lowest BCUT2D eigenvalue weighted by Gasteiger charge is -2.09. The summed E-state index contributed by atoms with van der Waals surface area (Å²) < 4.78 is 19.1. The molecule has 1 N–H and O–H groups in total. The van der Waals surface area contributed by atoms with Gasteiger partial charge in [0.2, 0.25) is 5.88 Å². The maximum atomic E-state index is 14.1. The van der Waals surface area contributed by atoms with Crippen LogP contribution in [0, 0.1) is 5.82 Å². The fourth-order valence-electron chi connectivity index (χ4n) is 1.76. The Hall–Kier alpha value is -3.03. The molecule has 0 unspecified atom stereocenters. The van der Waals surface area contributed by atoms with E-state index in [1.54, 1.807) is 31.3 Å². The van der Waals surface area contributed by atoms with Crippen molar-refractivity contribution in [1.82, 2.24) is 19.9 Å². The van der Waals surface area contributed by atoms with Gasteiger partial charge in [0.05, 0.1) is 30.9 Å². The molecule has 7 nitrogen and oxygen atoms in total. The molecule has 0 fully saturated rings. The summed E-state index contributed by atoms with van der Waals surface area (Å²) in [5.74, 6) is -1.60. The first-order valence-electron chi connectivity index (χ1n) is 6.57. The minimum absolute atomic E-state index is 0.125. The molecule has 0 saturated heterocycles. The number of methoxy groups -OCH3 is 1. The summed E-state index contributed by atoms with van der Waals surface area (Å²) in [5, 5.41) is 9.04. The van der Waals surface area contributed by atoms with Crippen LogP contribution in [0.5, 0.6) is 5.88 Å². The topological polar surface area (TPSA) is 88.4 Å². The van der Waals surface area contributed by atoms with Crippen LogP contribution in [0.1, 0.15) is 16.2 Å². The Bertz CT molecular complexity index is 762. The van der Waals surface area contributed by atoms with Gasteiger partial charge in [0.25, 0.3) is 0 Å². The fraction of sp³-hybridized carbons (Fsp3) is 0.200. The molecular weight excluding hydrogens is 303 g/mol. The molecule has 0 aliphatic heterocycles. The first kappa shape index (κ1) is 16.3. The highest BCUT2D eigenvalue weighted by Crippen LogP contribution is 2.26. The molecule has 0 aliphatic carbocycles. The molecule has 0 aromatic carbocycles. The third-order valence-electron chi connectivity index (χ3n) is 2.84. The molecule has 2 aromatic heterocycles. The number of carboxylic acid groups (broad SMARTS) is 1. The van der Waals surface area contributed by atoms with Crippen LogP contribution in [-0.4, -0.2) is 52.1 Å². The highest BCUT2D eigenvalue weighted by atomic mass is 19.1. The Kier molecular flexibility index (Phi) is 4.85. The Labute approximate surface area is 132 Å². The molecule has 23 heavy (non-hydrogen) atoms. The summed E-state index contributed by atoms with van der Waals surface area (Å²) in [6.45, 7) is 0. The first-order chi connectivity index (χ1) is 10.9. The second-order valence-electron chi connectivity index (χ2n) is 4.78. The van der Waals surface area contributed by atoms with Crippen molar-refractivity contribution in [3.05, 3.63) is 41.9 Å². The molecule has 0 amide bonds. The van der Waals surface area contributed by atoms with Gasteiger partial charge in [-0.25, -0.2) is 19.2 Å². The maximum absolute atomic E-state index is 14.1. The summed E-state index contributed by atoms with van der Waals surface area (Å²) in [5.41, 5.74) is 0.324. The van der Waals surface area contributed by atoms with Crippen molar-refractivity contribution in [2.24, 2.45) is 0 Å². The van der Waals surface area contributed by atoms with Crippen molar-refractivity contribution in [3.8, 4) is 17.1 Å². The normalized spacial score (nSPS) is 10.8. The van der Waals surface area contributed by atoms with Gasteiger partial charge >= 0.3 is 5.97 Å². The van der Waals surface area contributed by atoms with Gasteiger partial charge in [0.15, 0.2) is 11.5 Å². The molecular formula is C15H15FN4O3. The number of halogens is 1. The van der Waals surface area contributed by atoms with Gasteiger partial charge in [-0.15, -0.1) is 0 Å². The summed E-state index contributed by atoms with van der Waals surface area (Å²) >= 11 is 0. The van der Waals surface area contributed by atoms with E-state index in [4.69, 9.17) is 9.84 Å². The van der Waals surface area contributed by atoms with E-state index in [-0.39, 0.29) is 28.5 Å². The minimum atomic E-state index is -1.21. The molecule has 8 heteroatoms. The Balaban J connectivity index is 2.63. The SMILES string of the molecule is COc1cc(-c2ncc(C(=O)O)nc2/C=C/N(C)C)c(F)cn1. The second-order valence-corrected chi connectivity index (χ2v) is 4.78. The van der Waals surface area contributed by atoms with Crippen LogP contribution >= 0.6 is 0 Å². The number of aromatic carboxylic acids is 1. The van der Waals surface area contributed by atoms with E-state index in [1.807, 2.05) is 0 Å². The van der Waals surface area contributed by atoms with Gasteiger partial charge in [-0.3, -0.25) is 4.98 Å². The fourth-order valence-corrected chi connectivity index (χ4v) is 1.76. The largest absolute Gasteiger partial charge is 0.481 e. The third kappa shape index (κ3) is 3.79. The van der Waals surface area contributed by atoms with Crippen molar-refractivity contribution in [3.63, 3.8) is 0 Å². The number of carbonyl (C=O) groups is 1. The van der Waals surface area contributed by atoms with Crippen LogP contribution in [0.2, 0.25) is 0 Å². The van der Waals surface area contributed by atoms with Gasteiger partial charge < -0.3 is 14.7 Å². The van der Waals surface area contributed by atoms with E-state index < -0.39 is 11.8 Å². The lowest BCUT2D eigenvalue weighted by Crippen LogP contribution is -2.06. The Morgan fingerprint density at radius 2 is 2.09 bits per heavy atom. The van der Waals surface area contributed by atoms with Crippen molar-refractivity contribution >= 4 is 12.0 Å². The van der Waals surface area contributed by atoms with Crippen molar-refractivity contribution in [2.75, 3.05) is 21.2 Å². The average molecular weight is 318 g/mol. The zero-order valence-corrected chi connectivity index (χ0v) is 12.8. The van der Waals surface area contributed by atoms with Crippen LogP contribution in [0.4, 0.5) is 4.39 Å². The molecule has 0 bridgehead atoms. The van der Waals surface area contributed by atoms with Gasteiger partial charge in [0.1, 0.15) is 0 Å². The minimum Gasteiger partial charge on any atom is -0.481 e. The molecule has 2 aromatic rings. The molecule has 2 heterocycles. The highest BCUT2D eigenvalue weighted by Gasteiger charge is 2.16. The van der Waals surface area contributed by atoms with Crippen molar-refractivity contribution < 1.29 is 19.0 Å². The number of pyridine rings is 1. The quantitative estimate of drug-likeness (QED) is 0.901. The third-order valence-corrected chi connectivity index (χ3v) is 2.84. The van der Waals surface area contributed by atoms with Crippen molar-refractivity contribution in [1.29, 1.82) is 0 Å². The lowest BCUT2D eigenvalue weighted by molar-refractivity contribution is 0.0690. The van der Waals surface area contributed by atoms with Crippen LogP contribution in [-0.2, 0) is 0 Å². The van der Waals surface area contributed by atoms with Crippen LogP contribution in [0.3, 0.4) is 0 Å². The van der Waals surface area contributed by atoms with Crippen LogP contribution < -0.4 is 4.74 Å². The van der Waals surface area contributed by atoms with Gasteiger partial charge in [-0.05, 0) is 6.08 Å². The number of hydrogen-bond acceptors (Lipinski definition) is 6. The zero-order chi connectivity index (χ0) is 17.0. The van der Waals surface area contributed by atoms with Gasteiger partial charge in [-0.1, -0.05) is 0 Å². The summed E-state index contributed by atoms with van der Waals surface area (Å²) in [6, 6.07) is 1.38. The monoisotopic (exact) mass is 318 g/mol. The van der Waals surface area contributed by atoms with Gasteiger partial charge in [0, 0.05) is 31.9 Å². The van der Waals surface area contributed by atoms with Gasteiger partial charge in [-0.2, -0.15) is 0 Å². The zero-order valence-electron chi connectivity index (χ0n) is 12.8. The number of nitrogens with zero attached hydrogens (tertiary/aromatic N) is 4. The summed E-state index contributed by atoms with van der Waals surface area (Å²) in [4.78, 5) is 24.6. The predicted molar refractivity (Wildman–Crippen MR) is 81.5 cm³/mol. The molecule has 0 radical (unpaired) electrons. The smallest absolute Gasteiger partial charge is 0.356 e. The van der Waals surface area contributed by atoms with E-state index in [0.29, 0.717) is 0 Å². The number of aromatic nitrogens is 3. The molecule has 2 rings (SSSR count). The summed E-state index contributed by atoms with van der Waals surface area (Å²) in [7, 11) is 5.00. The second kappa shape index (κ2) is 6.82. The number of ether oxygens (including phenoxy) is 1. The first-order valence-corrected chi connectivity index (χ1v) is 6.57. The van der Waals surface area contributed by atoms with E-state index in [1.165, 1.54) is 13.2 Å². The number of hydrogen-bond donors (Lipinski definition) is 1. The Morgan fingerprint density at radius 1 is 1.35 bits per heavy atom. The average Bonchev–Trinajstić information content (AvgIpc) is 2.53. The molecule has 0 saturated carbocycles. The van der Waals surface area contributed by atoms with E-state index in [9.17, 15) is 9.18 Å². The Morgan fingerprint density at radius 3 is 2.70 bits per heavy atom. The predicted octanol–water partition coefficient (Wildman–Crippen LogP) is 1.92.